The summed E-state index contributed by atoms with van der Waals surface area (Å²) >= 11 is 0. The SMILES string of the molecule is COc1cc2c(cc1OC)CN1C(=O)N3CN4C(=O)N5Cc6cc(OC)c(OC)cc6CN6C(=O)N(CN7C(=O)N(C2)C1(C(=O)O)C73C(=O)O)C4(C(=O)O)C65C(=O)O. The zero-order valence-electron chi connectivity index (χ0n) is 30.8. The number of carbonyl (C=O) groups excluding carboxylic acids is 4. The summed E-state index contributed by atoms with van der Waals surface area (Å²) in [6, 6.07) is 0.125. The number of amides is 8. The molecule has 7 aliphatic heterocycles. The molecule has 7 aliphatic rings. The van der Waals surface area contributed by atoms with E-state index in [9.17, 15) is 58.8 Å². The second kappa shape index (κ2) is 11.1. The van der Waals surface area contributed by atoms with E-state index in [4.69, 9.17) is 18.9 Å². The van der Waals surface area contributed by atoms with Gasteiger partial charge in [0, 0.05) is 0 Å². The Kier molecular flexibility index (Phi) is 6.96. The molecule has 0 unspecified atom stereocenters. The van der Waals surface area contributed by atoms with E-state index in [0.29, 0.717) is 39.2 Å². The number of hydrogen-bond donors (Lipinski definition) is 4. The van der Waals surface area contributed by atoms with Crippen LogP contribution in [0.1, 0.15) is 22.3 Å². The highest BCUT2D eigenvalue weighted by atomic mass is 16.5. The Hall–Kier alpha value is -7.40. The van der Waals surface area contributed by atoms with Gasteiger partial charge in [-0.1, -0.05) is 0 Å². The zero-order valence-corrected chi connectivity index (χ0v) is 30.8. The molecule has 58 heavy (non-hydrogen) atoms. The molecule has 0 bridgehead atoms. The molecule has 2 aromatic rings. The van der Waals surface area contributed by atoms with Gasteiger partial charge in [0.05, 0.1) is 54.6 Å². The van der Waals surface area contributed by atoms with Crippen molar-refractivity contribution in [3.63, 3.8) is 0 Å². The van der Waals surface area contributed by atoms with Crippen LogP contribution in [0.3, 0.4) is 0 Å². The van der Waals surface area contributed by atoms with Crippen molar-refractivity contribution in [1.29, 1.82) is 0 Å². The van der Waals surface area contributed by atoms with Crippen LogP contribution in [0.15, 0.2) is 24.3 Å². The second-order valence-corrected chi connectivity index (χ2v) is 14.3. The lowest BCUT2D eigenvalue weighted by atomic mass is 9.88. The average molecular weight is 809 g/mol. The third kappa shape index (κ3) is 3.45. The maximum Gasteiger partial charge on any atom is 0.356 e. The molecule has 0 aliphatic carbocycles. The first kappa shape index (κ1) is 36.3. The number of rotatable bonds is 8. The number of carboxylic acid groups (broad SMARTS) is 4. The van der Waals surface area contributed by atoms with E-state index in [2.05, 4.69) is 0 Å². The van der Waals surface area contributed by atoms with Crippen LogP contribution in [0, 0.1) is 0 Å². The summed E-state index contributed by atoms with van der Waals surface area (Å²) < 4.78 is 21.6. The number of fused-ring (bicyclic) bond motifs is 2. The summed E-state index contributed by atoms with van der Waals surface area (Å²) in [4.78, 5) is 120. The molecule has 8 amide bonds. The third-order valence-corrected chi connectivity index (χ3v) is 12.4. The van der Waals surface area contributed by atoms with Crippen molar-refractivity contribution in [3.05, 3.63) is 46.5 Å². The minimum absolute atomic E-state index is 0.144. The second-order valence-electron chi connectivity index (χ2n) is 14.3. The van der Waals surface area contributed by atoms with Crippen LogP contribution in [0.4, 0.5) is 19.2 Å². The highest BCUT2D eigenvalue weighted by Gasteiger charge is 2.92. The molecule has 4 N–H and O–H groups in total. The maximum absolute atomic E-state index is 14.9. The van der Waals surface area contributed by atoms with E-state index < -0.39 is 110 Å². The number of benzene rings is 2. The van der Waals surface area contributed by atoms with Gasteiger partial charge < -0.3 is 39.4 Å². The number of carboxylic acids is 4. The number of aliphatic carboxylic acids is 4. The first-order chi connectivity index (χ1) is 27.5. The Labute approximate surface area is 324 Å². The van der Waals surface area contributed by atoms with Gasteiger partial charge >= 0.3 is 48.0 Å². The molecule has 9 rings (SSSR count). The highest BCUT2D eigenvalue weighted by molar-refractivity contribution is 6.12. The van der Waals surface area contributed by atoms with Gasteiger partial charge in [0.2, 0.25) is 0 Å². The first-order valence-electron chi connectivity index (χ1n) is 17.3. The Morgan fingerprint density at radius 1 is 0.414 bits per heavy atom. The van der Waals surface area contributed by atoms with Crippen molar-refractivity contribution in [1.82, 2.24) is 39.2 Å². The molecule has 0 spiro atoms. The topological polar surface area (TPSA) is 280 Å². The lowest BCUT2D eigenvalue weighted by Gasteiger charge is -2.50. The Bertz CT molecular complexity index is 2090. The van der Waals surface area contributed by atoms with Gasteiger partial charge in [-0.3, -0.25) is 39.2 Å². The van der Waals surface area contributed by atoms with E-state index in [-0.39, 0.29) is 45.3 Å². The molecule has 0 atom stereocenters. The molecule has 0 saturated carbocycles. The number of carbonyl (C=O) groups is 8. The van der Waals surface area contributed by atoms with Crippen LogP contribution < -0.4 is 18.9 Å². The van der Waals surface area contributed by atoms with Gasteiger partial charge in [-0.2, -0.15) is 0 Å². The maximum atomic E-state index is 14.9. The van der Waals surface area contributed by atoms with Crippen LogP contribution in [0.25, 0.3) is 0 Å². The van der Waals surface area contributed by atoms with Crippen molar-refractivity contribution in [2.75, 3.05) is 41.8 Å². The zero-order chi connectivity index (χ0) is 41.8. The third-order valence-electron chi connectivity index (χ3n) is 12.4. The number of nitrogens with zero attached hydrogens (tertiary/aromatic N) is 8. The summed E-state index contributed by atoms with van der Waals surface area (Å²) in [7, 11) is 5.27. The van der Waals surface area contributed by atoms with Gasteiger partial charge in [0.15, 0.2) is 23.0 Å². The molecule has 0 radical (unpaired) electrons. The molecule has 2 aromatic carbocycles. The van der Waals surface area contributed by atoms with Crippen molar-refractivity contribution in [3.8, 4) is 23.0 Å². The smallest absolute Gasteiger partial charge is 0.356 e. The summed E-state index contributed by atoms with van der Waals surface area (Å²) in [6.07, 6.45) is 0. The Morgan fingerprint density at radius 2 is 0.603 bits per heavy atom. The summed E-state index contributed by atoms with van der Waals surface area (Å²) in [5.74, 6) is -7.63. The van der Waals surface area contributed by atoms with Gasteiger partial charge in [-0.15, -0.1) is 0 Å². The van der Waals surface area contributed by atoms with Crippen LogP contribution >= 0.6 is 0 Å². The van der Waals surface area contributed by atoms with Gasteiger partial charge in [-0.05, 0) is 46.5 Å². The fraction of sp³-hybridized carbons (Fsp3) is 0.412. The minimum Gasteiger partial charge on any atom is -0.493 e. The van der Waals surface area contributed by atoms with Crippen molar-refractivity contribution < 1.29 is 77.7 Å². The quantitative estimate of drug-likeness (QED) is 0.260. The predicted molar refractivity (Wildman–Crippen MR) is 181 cm³/mol. The minimum atomic E-state index is -3.33. The average Bonchev–Trinajstić information content (AvgIpc) is 3.58. The first-order valence-corrected chi connectivity index (χ1v) is 17.3. The molecule has 5 fully saturated rings. The monoisotopic (exact) mass is 808 g/mol. The number of methoxy groups -OCH3 is 4. The standard InChI is InChI=1S/C34H32N8O16/c1-55-19-5-15-9-35-27(51)39-13-41-29(53)37-11-17-7-21(57-3)22(58-4)8-18(17)12-38-30(54)42(34(41,26(49)50)32(37,38)24(45)46)14-40-28(52)36(10-16(15)6-20(19)56-2)31(35,23(43)44)33(39,40)25(47)48/h5-8H,9-14H2,1-4H3,(H,43,44)(H,45,46)(H,47,48)(H,49,50). The number of ether oxygens (including phenoxy) is 4. The van der Waals surface area contributed by atoms with E-state index in [1.165, 1.54) is 52.7 Å². The fourth-order valence-electron chi connectivity index (χ4n) is 10.2. The molecular formula is C34H32N8O16. The molecule has 24 nitrogen and oxygen atoms in total. The van der Waals surface area contributed by atoms with Crippen molar-refractivity contribution in [2.24, 2.45) is 0 Å². The van der Waals surface area contributed by atoms with Crippen molar-refractivity contribution >= 4 is 48.0 Å². The van der Waals surface area contributed by atoms with Gasteiger partial charge in [-0.25, -0.2) is 38.4 Å². The highest BCUT2D eigenvalue weighted by Crippen LogP contribution is 2.61. The molecule has 304 valence electrons. The molecule has 7 heterocycles. The molecule has 5 saturated heterocycles. The lowest BCUT2D eigenvalue weighted by Crippen LogP contribution is -2.81. The van der Waals surface area contributed by atoms with Crippen LogP contribution in [0.5, 0.6) is 23.0 Å². The summed E-state index contributed by atoms with van der Waals surface area (Å²) in [5.41, 5.74) is -12.1. The molecular weight excluding hydrogens is 776 g/mol. The van der Waals surface area contributed by atoms with E-state index in [1.54, 1.807) is 0 Å². The van der Waals surface area contributed by atoms with E-state index >= 15 is 0 Å². The van der Waals surface area contributed by atoms with Crippen LogP contribution in [0.2, 0.25) is 0 Å². The molecule has 0 aromatic heterocycles. The predicted octanol–water partition coefficient (Wildman–Crippen LogP) is -0.549. The van der Waals surface area contributed by atoms with Crippen LogP contribution in [-0.4, -0.2) is 172 Å². The van der Waals surface area contributed by atoms with Crippen LogP contribution in [-0.2, 0) is 45.4 Å². The largest absolute Gasteiger partial charge is 0.493 e. The number of hydrogen-bond acceptors (Lipinski definition) is 12. The van der Waals surface area contributed by atoms with Gasteiger partial charge in [0.25, 0.3) is 22.7 Å². The summed E-state index contributed by atoms with van der Waals surface area (Å²) in [5, 5.41) is 45.2. The number of urea groups is 4. The molecule has 24 heteroatoms. The van der Waals surface area contributed by atoms with E-state index in [0.717, 1.165) is 0 Å². The normalized spacial score (nSPS) is 28.6. The Balaban J connectivity index is 1.32. The lowest BCUT2D eigenvalue weighted by molar-refractivity contribution is -0.203. The summed E-state index contributed by atoms with van der Waals surface area (Å²) in [6.45, 7) is -5.50. The van der Waals surface area contributed by atoms with Crippen molar-refractivity contribution in [2.45, 2.75) is 48.8 Å². The Morgan fingerprint density at radius 3 is 0.776 bits per heavy atom. The van der Waals surface area contributed by atoms with E-state index in [1.807, 2.05) is 0 Å². The van der Waals surface area contributed by atoms with Gasteiger partial charge in [0.1, 0.15) is 13.3 Å². The fourth-order valence-corrected chi connectivity index (χ4v) is 10.2.